The minimum Gasteiger partial charge on any atom is -0.264 e. The van der Waals surface area contributed by atoms with Gasteiger partial charge in [-0.15, -0.1) is 0 Å². The first-order valence-electron chi connectivity index (χ1n) is 3.33. The summed E-state index contributed by atoms with van der Waals surface area (Å²) in [5, 5.41) is 4.80. The van der Waals surface area contributed by atoms with E-state index in [-0.39, 0.29) is 0 Å². The van der Waals surface area contributed by atoms with Crippen molar-refractivity contribution in [1.29, 1.82) is 0 Å². The molecular formula is C7H5BrClN3. The van der Waals surface area contributed by atoms with Gasteiger partial charge in [0.15, 0.2) is 4.60 Å². The molecule has 2 aromatic heterocycles. The molecule has 0 fully saturated rings. The summed E-state index contributed by atoms with van der Waals surface area (Å²) in [5.74, 6) is 0. The molecule has 0 bridgehead atoms. The summed E-state index contributed by atoms with van der Waals surface area (Å²) < 4.78 is 2.43. The highest BCUT2D eigenvalue weighted by Crippen LogP contribution is 2.25. The lowest BCUT2D eigenvalue weighted by Gasteiger charge is -1.94. The van der Waals surface area contributed by atoms with E-state index < -0.39 is 0 Å². The quantitative estimate of drug-likeness (QED) is 0.714. The Hall–Kier alpha value is -0.610. The maximum absolute atomic E-state index is 5.95. The van der Waals surface area contributed by atoms with Crippen molar-refractivity contribution in [2.24, 2.45) is 7.05 Å². The molecule has 0 spiro atoms. The van der Waals surface area contributed by atoms with Gasteiger partial charge in [-0.05, 0) is 22.0 Å². The summed E-state index contributed by atoms with van der Waals surface area (Å²) in [6.07, 6.45) is 1.66. The number of rotatable bonds is 0. The molecule has 0 saturated carbocycles. The maximum Gasteiger partial charge on any atom is 0.154 e. The molecule has 3 nitrogen and oxygen atoms in total. The molecule has 0 aliphatic heterocycles. The van der Waals surface area contributed by atoms with Gasteiger partial charge in [0.25, 0.3) is 0 Å². The van der Waals surface area contributed by atoms with Gasteiger partial charge in [0.2, 0.25) is 0 Å². The third kappa shape index (κ3) is 1.03. The Morgan fingerprint density at radius 2 is 2.33 bits per heavy atom. The molecule has 2 rings (SSSR count). The van der Waals surface area contributed by atoms with E-state index in [1.807, 2.05) is 7.05 Å². The van der Waals surface area contributed by atoms with Gasteiger partial charge >= 0.3 is 0 Å². The minimum absolute atomic E-state index is 0.667. The topological polar surface area (TPSA) is 30.7 Å². The SMILES string of the molecule is Cn1nc(Br)c2nccc(Cl)c21. The van der Waals surface area contributed by atoms with Gasteiger partial charge in [-0.25, -0.2) is 0 Å². The van der Waals surface area contributed by atoms with Gasteiger partial charge in [0.05, 0.1) is 5.02 Å². The molecule has 0 aromatic carbocycles. The van der Waals surface area contributed by atoms with Crippen LogP contribution in [0.25, 0.3) is 11.0 Å². The molecule has 0 aliphatic carbocycles. The van der Waals surface area contributed by atoms with E-state index in [2.05, 4.69) is 26.0 Å². The number of fused-ring (bicyclic) bond motifs is 1. The van der Waals surface area contributed by atoms with E-state index in [0.717, 1.165) is 15.6 Å². The van der Waals surface area contributed by atoms with Gasteiger partial charge < -0.3 is 0 Å². The summed E-state index contributed by atoms with van der Waals surface area (Å²) in [4.78, 5) is 4.15. The fourth-order valence-corrected chi connectivity index (χ4v) is 1.91. The predicted molar refractivity (Wildman–Crippen MR) is 51.2 cm³/mol. The van der Waals surface area contributed by atoms with Crippen molar-refractivity contribution in [3.05, 3.63) is 21.9 Å². The second-order valence-corrected chi connectivity index (χ2v) is 3.56. The Balaban J connectivity index is 2.99. The van der Waals surface area contributed by atoms with E-state index in [9.17, 15) is 0 Å². The van der Waals surface area contributed by atoms with Crippen molar-refractivity contribution < 1.29 is 0 Å². The van der Waals surface area contributed by atoms with Crippen LogP contribution in [0.3, 0.4) is 0 Å². The first-order chi connectivity index (χ1) is 5.70. The molecule has 0 N–H and O–H groups in total. The Morgan fingerprint density at radius 1 is 1.58 bits per heavy atom. The van der Waals surface area contributed by atoms with Gasteiger partial charge in [-0.1, -0.05) is 11.6 Å². The molecule has 0 radical (unpaired) electrons. The molecule has 2 heterocycles. The number of hydrogen-bond acceptors (Lipinski definition) is 2. The van der Waals surface area contributed by atoms with Crippen LogP contribution >= 0.6 is 27.5 Å². The highest BCUT2D eigenvalue weighted by molar-refractivity contribution is 9.10. The Morgan fingerprint density at radius 3 is 3.00 bits per heavy atom. The van der Waals surface area contributed by atoms with Crippen LogP contribution in [0, 0.1) is 0 Å². The molecule has 12 heavy (non-hydrogen) atoms. The van der Waals surface area contributed by atoms with Crippen molar-refractivity contribution >= 4 is 38.6 Å². The third-order valence-electron chi connectivity index (χ3n) is 1.63. The summed E-state index contributed by atoms with van der Waals surface area (Å²) in [6.45, 7) is 0. The zero-order valence-electron chi connectivity index (χ0n) is 6.25. The van der Waals surface area contributed by atoms with Crippen LogP contribution in [0.5, 0.6) is 0 Å². The van der Waals surface area contributed by atoms with Crippen molar-refractivity contribution in [3.8, 4) is 0 Å². The Bertz CT molecular complexity index is 437. The van der Waals surface area contributed by atoms with E-state index in [4.69, 9.17) is 11.6 Å². The zero-order valence-corrected chi connectivity index (χ0v) is 8.59. The maximum atomic E-state index is 5.95. The van der Waals surface area contributed by atoms with Crippen molar-refractivity contribution in [1.82, 2.24) is 14.8 Å². The molecule has 2 aromatic rings. The monoisotopic (exact) mass is 245 g/mol. The second-order valence-electron chi connectivity index (χ2n) is 2.40. The first-order valence-corrected chi connectivity index (χ1v) is 4.50. The zero-order chi connectivity index (χ0) is 8.72. The average Bonchev–Trinajstić information content (AvgIpc) is 2.29. The van der Waals surface area contributed by atoms with Gasteiger partial charge in [0, 0.05) is 13.2 Å². The van der Waals surface area contributed by atoms with E-state index in [1.165, 1.54) is 0 Å². The average molecular weight is 246 g/mol. The molecular weight excluding hydrogens is 241 g/mol. The normalized spacial score (nSPS) is 10.9. The molecule has 0 amide bonds. The lowest BCUT2D eigenvalue weighted by molar-refractivity contribution is 0.788. The van der Waals surface area contributed by atoms with E-state index in [1.54, 1.807) is 16.9 Å². The Kier molecular flexibility index (Phi) is 1.81. The molecule has 0 unspecified atom stereocenters. The lowest BCUT2D eigenvalue weighted by Crippen LogP contribution is -1.89. The van der Waals surface area contributed by atoms with Crippen molar-refractivity contribution in [2.75, 3.05) is 0 Å². The molecule has 0 aliphatic rings. The largest absolute Gasteiger partial charge is 0.264 e. The fourth-order valence-electron chi connectivity index (χ4n) is 1.12. The van der Waals surface area contributed by atoms with Crippen LogP contribution in [-0.2, 0) is 7.05 Å². The van der Waals surface area contributed by atoms with Crippen LogP contribution in [0.15, 0.2) is 16.9 Å². The predicted octanol–water partition coefficient (Wildman–Crippen LogP) is 2.38. The van der Waals surface area contributed by atoms with Gasteiger partial charge in [0.1, 0.15) is 11.0 Å². The standard InChI is InChI=1S/C7H5BrClN3/c1-12-6-4(9)2-3-10-5(6)7(8)11-12/h2-3H,1H3. The van der Waals surface area contributed by atoms with Crippen LogP contribution in [0.2, 0.25) is 5.02 Å². The number of aryl methyl sites for hydroxylation is 1. The van der Waals surface area contributed by atoms with E-state index in [0.29, 0.717) is 5.02 Å². The summed E-state index contributed by atoms with van der Waals surface area (Å²) in [6, 6.07) is 1.75. The van der Waals surface area contributed by atoms with Crippen molar-refractivity contribution in [2.45, 2.75) is 0 Å². The van der Waals surface area contributed by atoms with Gasteiger partial charge in [-0.3, -0.25) is 9.67 Å². The first kappa shape index (κ1) is 8.01. The van der Waals surface area contributed by atoms with Gasteiger partial charge in [-0.2, -0.15) is 5.10 Å². The summed E-state index contributed by atoms with van der Waals surface area (Å²) >= 11 is 9.25. The molecule has 0 atom stereocenters. The summed E-state index contributed by atoms with van der Waals surface area (Å²) in [5.41, 5.74) is 1.65. The fraction of sp³-hybridized carbons (Fsp3) is 0.143. The Labute approximate surface area is 82.5 Å². The second kappa shape index (κ2) is 2.71. The number of hydrogen-bond donors (Lipinski definition) is 0. The lowest BCUT2D eigenvalue weighted by atomic mass is 10.4. The third-order valence-corrected chi connectivity index (χ3v) is 2.47. The molecule has 62 valence electrons. The van der Waals surface area contributed by atoms with E-state index >= 15 is 0 Å². The number of aromatic nitrogens is 3. The smallest absolute Gasteiger partial charge is 0.154 e. The summed E-state index contributed by atoms with van der Waals surface area (Å²) in [7, 11) is 1.83. The van der Waals surface area contributed by atoms with Crippen molar-refractivity contribution in [3.63, 3.8) is 0 Å². The number of halogens is 2. The number of pyridine rings is 1. The highest BCUT2D eigenvalue weighted by atomic mass is 79.9. The van der Waals surface area contributed by atoms with Crippen LogP contribution in [0.4, 0.5) is 0 Å². The van der Waals surface area contributed by atoms with Crippen LogP contribution < -0.4 is 0 Å². The minimum atomic E-state index is 0.667. The van der Waals surface area contributed by atoms with Crippen LogP contribution in [0.1, 0.15) is 0 Å². The molecule has 5 heteroatoms. The number of nitrogens with zero attached hydrogens (tertiary/aromatic N) is 3. The highest BCUT2D eigenvalue weighted by Gasteiger charge is 2.09. The van der Waals surface area contributed by atoms with Crippen LogP contribution in [-0.4, -0.2) is 14.8 Å². The molecule has 0 saturated heterocycles.